The molecule has 0 spiro atoms. The third kappa shape index (κ3) is 9.83. The summed E-state index contributed by atoms with van der Waals surface area (Å²) in [6, 6.07) is 0. The van der Waals surface area contributed by atoms with Crippen molar-refractivity contribution in [2.75, 3.05) is 25.5 Å². The summed E-state index contributed by atoms with van der Waals surface area (Å²) >= 11 is 0. The van der Waals surface area contributed by atoms with Crippen LogP contribution in [0.2, 0.25) is 0 Å². The monoisotopic (exact) mass is 182 g/mol. The van der Waals surface area contributed by atoms with Crippen LogP contribution in [-0.4, -0.2) is 38.5 Å². The average Bonchev–Trinajstić information content (AvgIpc) is 1.85. The van der Waals surface area contributed by atoms with Gasteiger partial charge in [0.2, 0.25) is 0 Å². The molecule has 0 atom stereocenters. The maximum absolute atomic E-state index is 10.1. The molecule has 0 amide bonds. The fourth-order valence-corrected chi connectivity index (χ4v) is 0.957. The van der Waals surface area contributed by atoms with Crippen LogP contribution in [0.5, 0.6) is 0 Å². The van der Waals surface area contributed by atoms with E-state index in [0.717, 1.165) is 6.54 Å². The number of hydrogen-bond acceptors (Lipinski definition) is 4. The molecule has 0 bridgehead atoms. The molecule has 6 heteroatoms. The lowest BCUT2D eigenvalue weighted by Gasteiger charge is -2.01. The van der Waals surface area contributed by atoms with Gasteiger partial charge in [0.25, 0.3) is 10.1 Å². The molecule has 0 aliphatic rings. The van der Waals surface area contributed by atoms with Gasteiger partial charge in [0.05, 0.1) is 0 Å². The molecule has 0 fully saturated rings. The molecule has 0 rings (SSSR count). The summed E-state index contributed by atoms with van der Waals surface area (Å²) in [5, 5.41) is 5.56. The summed E-state index contributed by atoms with van der Waals surface area (Å²) in [7, 11) is -3.85. The largest absolute Gasteiger partial charge is 0.316 e. The minimum Gasteiger partial charge on any atom is -0.316 e. The molecule has 11 heavy (non-hydrogen) atoms. The van der Waals surface area contributed by atoms with Crippen LogP contribution in [0.25, 0.3) is 0 Å². The van der Waals surface area contributed by atoms with Crippen molar-refractivity contribution in [3.63, 3.8) is 0 Å². The van der Waals surface area contributed by atoms with E-state index in [1.165, 1.54) is 0 Å². The SMILES string of the molecule is CCNCCNCS(=O)(=O)O. The molecule has 0 unspecified atom stereocenters. The van der Waals surface area contributed by atoms with E-state index in [9.17, 15) is 8.42 Å². The van der Waals surface area contributed by atoms with Gasteiger partial charge in [0.1, 0.15) is 5.88 Å². The van der Waals surface area contributed by atoms with Crippen molar-refractivity contribution in [1.82, 2.24) is 10.6 Å². The first-order chi connectivity index (χ1) is 5.06. The number of nitrogens with one attached hydrogen (secondary N) is 2. The number of hydrogen-bond donors (Lipinski definition) is 3. The Kier molecular flexibility index (Phi) is 5.39. The van der Waals surface area contributed by atoms with Gasteiger partial charge in [0, 0.05) is 13.1 Å². The Labute approximate surface area is 66.9 Å². The highest BCUT2D eigenvalue weighted by Gasteiger charge is 2.00. The number of likely N-dealkylation sites (N-methyl/N-ethyl adjacent to an activating group) is 1. The zero-order valence-corrected chi connectivity index (χ0v) is 7.32. The average molecular weight is 182 g/mol. The predicted octanol–water partition coefficient (Wildman–Crippen LogP) is -0.969. The van der Waals surface area contributed by atoms with E-state index in [0.29, 0.717) is 13.1 Å². The zero-order valence-electron chi connectivity index (χ0n) is 6.50. The fraction of sp³-hybridized carbons (Fsp3) is 1.00. The van der Waals surface area contributed by atoms with Crippen LogP contribution in [-0.2, 0) is 10.1 Å². The Morgan fingerprint density at radius 1 is 1.27 bits per heavy atom. The first kappa shape index (κ1) is 10.8. The van der Waals surface area contributed by atoms with E-state index < -0.39 is 10.1 Å². The minimum atomic E-state index is -3.85. The van der Waals surface area contributed by atoms with Crippen LogP contribution in [0, 0.1) is 0 Å². The third-order valence-electron chi connectivity index (χ3n) is 1.01. The summed E-state index contributed by atoms with van der Waals surface area (Å²) in [6.45, 7) is 4.05. The van der Waals surface area contributed by atoms with Gasteiger partial charge in [-0.15, -0.1) is 0 Å². The van der Waals surface area contributed by atoms with Crippen molar-refractivity contribution in [2.45, 2.75) is 6.92 Å². The Hall–Kier alpha value is -0.170. The molecule has 5 nitrogen and oxygen atoms in total. The molecule has 0 saturated heterocycles. The molecular formula is C5H14N2O3S. The molecule has 0 aliphatic heterocycles. The maximum atomic E-state index is 10.1. The van der Waals surface area contributed by atoms with Gasteiger partial charge in [-0.3, -0.25) is 4.55 Å². The fourth-order valence-electron chi connectivity index (χ4n) is 0.555. The Morgan fingerprint density at radius 3 is 2.27 bits per heavy atom. The highest BCUT2D eigenvalue weighted by molar-refractivity contribution is 7.85. The van der Waals surface area contributed by atoms with Crippen molar-refractivity contribution in [1.29, 1.82) is 0 Å². The zero-order chi connectivity index (χ0) is 8.74. The molecule has 0 saturated carbocycles. The van der Waals surface area contributed by atoms with Gasteiger partial charge in [-0.2, -0.15) is 8.42 Å². The van der Waals surface area contributed by atoms with Crippen molar-refractivity contribution in [3.8, 4) is 0 Å². The van der Waals surface area contributed by atoms with Crippen LogP contribution < -0.4 is 10.6 Å². The van der Waals surface area contributed by atoms with E-state index in [2.05, 4.69) is 10.6 Å². The predicted molar refractivity (Wildman–Crippen MR) is 43.0 cm³/mol. The standard InChI is InChI=1S/C5H14N2O3S/c1-2-6-3-4-7-5-11(8,9)10/h6-7H,2-5H2,1H3,(H,8,9,10). The van der Waals surface area contributed by atoms with Crippen LogP contribution in [0.3, 0.4) is 0 Å². The van der Waals surface area contributed by atoms with Crippen molar-refractivity contribution < 1.29 is 13.0 Å². The lowest BCUT2D eigenvalue weighted by molar-refractivity contribution is 0.476. The van der Waals surface area contributed by atoms with Gasteiger partial charge in [-0.25, -0.2) is 0 Å². The van der Waals surface area contributed by atoms with Crippen LogP contribution in [0.1, 0.15) is 6.92 Å². The highest BCUT2D eigenvalue weighted by Crippen LogP contribution is 1.74. The van der Waals surface area contributed by atoms with Crippen LogP contribution >= 0.6 is 0 Å². The Balaban J connectivity index is 3.16. The Morgan fingerprint density at radius 2 is 1.82 bits per heavy atom. The van der Waals surface area contributed by atoms with E-state index in [1.807, 2.05) is 6.92 Å². The number of rotatable bonds is 6. The van der Waals surface area contributed by atoms with Crippen LogP contribution in [0.15, 0.2) is 0 Å². The van der Waals surface area contributed by atoms with E-state index >= 15 is 0 Å². The van der Waals surface area contributed by atoms with E-state index in [4.69, 9.17) is 4.55 Å². The second-order valence-corrected chi connectivity index (χ2v) is 3.53. The second-order valence-electron chi connectivity index (χ2n) is 2.08. The highest BCUT2D eigenvalue weighted by atomic mass is 32.2. The molecule has 0 aromatic carbocycles. The van der Waals surface area contributed by atoms with E-state index in [1.54, 1.807) is 0 Å². The third-order valence-corrected chi connectivity index (χ3v) is 1.58. The second kappa shape index (κ2) is 5.48. The molecule has 68 valence electrons. The van der Waals surface area contributed by atoms with Gasteiger partial charge in [-0.05, 0) is 6.54 Å². The van der Waals surface area contributed by atoms with Gasteiger partial charge < -0.3 is 10.6 Å². The minimum absolute atomic E-state index is 0.377. The molecule has 0 heterocycles. The van der Waals surface area contributed by atoms with Crippen molar-refractivity contribution in [3.05, 3.63) is 0 Å². The van der Waals surface area contributed by atoms with Gasteiger partial charge in [-0.1, -0.05) is 6.92 Å². The smallest absolute Gasteiger partial charge is 0.278 e. The summed E-state index contributed by atoms with van der Waals surface area (Å²) in [4.78, 5) is 0. The summed E-state index contributed by atoms with van der Waals surface area (Å²) < 4.78 is 28.5. The van der Waals surface area contributed by atoms with Gasteiger partial charge >= 0.3 is 0 Å². The first-order valence-electron chi connectivity index (χ1n) is 3.43. The summed E-state index contributed by atoms with van der Waals surface area (Å²) in [6.07, 6.45) is 0. The lowest BCUT2D eigenvalue weighted by atomic mass is 10.6. The molecular weight excluding hydrogens is 168 g/mol. The van der Waals surface area contributed by atoms with Crippen molar-refractivity contribution >= 4 is 10.1 Å². The van der Waals surface area contributed by atoms with Gasteiger partial charge in [0.15, 0.2) is 0 Å². The molecule has 0 aromatic rings. The summed E-state index contributed by atoms with van der Waals surface area (Å²) in [5.74, 6) is -0.377. The molecule has 0 aliphatic carbocycles. The topological polar surface area (TPSA) is 78.4 Å². The summed E-state index contributed by atoms with van der Waals surface area (Å²) in [5.41, 5.74) is 0. The first-order valence-corrected chi connectivity index (χ1v) is 5.04. The lowest BCUT2D eigenvalue weighted by Crippen LogP contribution is -2.30. The molecule has 0 aromatic heterocycles. The molecule has 3 N–H and O–H groups in total. The quantitative estimate of drug-likeness (QED) is 0.364. The molecule has 0 radical (unpaired) electrons. The van der Waals surface area contributed by atoms with E-state index in [-0.39, 0.29) is 5.88 Å². The van der Waals surface area contributed by atoms with Crippen molar-refractivity contribution in [2.24, 2.45) is 0 Å². The normalized spacial score (nSPS) is 11.8. The van der Waals surface area contributed by atoms with Crippen LogP contribution in [0.4, 0.5) is 0 Å². The Bertz CT molecular complexity index is 178. The maximum Gasteiger partial charge on any atom is 0.278 e.